The summed E-state index contributed by atoms with van der Waals surface area (Å²) in [7, 11) is 1.70. The van der Waals surface area contributed by atoms with Gasteiger partial charge in [-0.15, -0.1) is 0 Å². The third-order valence-corrected chi connectivity index (χ3v) is 6.10. The van der Waals surface area contributed by atoms with Gasteiger partial charge in [-0.1, -0.05) is 12.1 Å². The fraction of sp³-hybridized carbons (Fsp3) is 0.423. The second kappa shape index (κ2) is 10.6. The smallest absolute Gasteiger partial charge is 0.185 e. The zero-order valence-electron chi connectivity index (χ0n) is 18.4. The van der Waals surface area contributed by atoms with Crippen LogP contribution in [0.1, 0.15) is 40.7 Å². The molecule has 2 aliphatic rings. The molecule has 0 aliphatic carbocycles. The average Bonchev–Trinajstić information content (AvgIpc) is 2.84. The topological polar surface area (TPSA) is 42.0 Å². The minimum atomic E-state index is 0.0238. The maximum Gasteiger partial charge on any atom is 0.185 e. The number of ketones is 1. The van der Waals surface area contributed by atoms with E-state index in [0.717, 1.165) is 68.4 Å². The number of hydrogen-bond acceptors (Lipinski definition) is 5. The highest BCUT2D eigenvalue weighted by molar-refractivity contribution is 6.07. The van der Waals surface area contributed by atoms with Gasteiger partial charge in [0.15, 0.2) is 5.78 Å². The van der Waals surface area contributed by atoms with Crippen molar-refractivity contribution in [3.8, 4) is 5.75 Å². The Morgan fingerprint density at radius 1 is 1.00 bits per heavy atom. The van der Waals surface area contributed by atoms with E-state index < -0.39 is 0 Å². The van der Waals surface area contributed by atoms with Crippen molar-refractivity contribution in [2.45, 2.75) is 25.8 Å². The Labute approximate surface area is 185 Å². The summed E-state index contributed by atoms with van der Waals surface area (Å²) in [5.74, 6) is 0.902. The number of piperidine rings is 1. The van der Waals surface area contributed by atoms with Crippen LogP contribution in [0, 0.1) is 0 Å². The number of anilines is 1. The molecule has 0 atom stereocenters. The van der Waals surface area contributed by atoms with Gasteiger partial charge >= 0.3 is 0 Å². The molecule has 0 amide bonds. The molecule has 0 radical (unpaired) electrons. The maximum atomic E-state index is 12.7. The molecule has 31 heavy (non-hydrogen) atoms. The van der Waals surface area contributed by atoms with E-state index in [4.69, 9.17) is 9.47 Å². The van der Waals surface area contributed by atoms with Crippen LogP contribution in [0.15, 0.2) is 48.5 Å². The molecular formula is C26H32N2O3. The molecule has 2 aromatic rings. The van der Waals surface area contributed by atoms with Crippen molar-refractivity contribution in [1.82, 2.24) is 4.90 Å². The van der Waals surface area contributed by atoms with E-state index in [1.165, 1.54) is 24.9 Å². The number of nitrogens with zero attached hydrogens (tertiary/aromatic N) is 2. The highest BCUT2D eigenvalue weighted by atomic mass is 16.5. The van der Waals surface area contributed by atoms with Crippen LogP contribution < -0.4 is 9.64 Å². The first-order chi connectivity index (χ1) is 15.2. The van der Waals surface area contributed by atoms with Crippen LogP contribution in [0.25, 0.3) is 6.08 Å². The average molecular weight is 421 g/mol. The highest BCUT2D eigenvalue weighted by Crippen LogP contribution is 2.24. The molecular weight excluding hydrogens is 388 g/mol. The molecule has 5 nitrogen and oxygen atoms in total. The summed E-state index contributed by atoms with van der Waals surface area (Å²) in [6, 6.07) is 14.1. The van der Waals surface area contributed by atoms with Crippen molar-refractivity contribution in [3.05, 3.63) is 65.2 Å². The van der Waals surface area contributed by atoms with Gasteiger partial charge in [0, 0.05) is 49.5 Å². The zero-order chi connectivity index (χ0) is 21.5. The Balaban J connectivity index is 1.42. The van der Waals surface area contributed by atoms with Crippen molar-refractivity contribution >= 4 is 17.5 Å². The van der Waals surface area contributed by atoms with Crippen molar-refractivity contribution < 1.29 is 14.3 Å². The molecule has 0 bridgehead atoms. The number of ether oxygens (including phenoxy) is 2. The lowest BCUT2D eigenvalue weighted by Crippen LogP contribution is -2.35. The van der Waals surface area contributed by atoms with E-state index >= 15 is 0 Å². The summed E-state index contributed by atoms with van der Waals surface area (Å²) in [6.45, 7) is 6.43. The van der Waals surface area contributed by atoms with E-state index in [-0.39, 0.29) is 5.78 Å². The fourth-order valence-electron chi connectivity index (χ4n) is 4.28. The molecule has 0 spiro atoms. The van der Waals surface area contributed by atoms with Gasteiger partial charge in [0.05, 0.1) is 20.3 Å². The molecule has 4 rings (SSSR count). The van der Waals surface area contributed by atoms with Gasteiger partial charge in [-0.25, -0.2) is 0 Å². The Morgan fingerprint density at radius 3 is 2.45 bits per heavy atom. The van der Waals surface area contributed by atoms with Gasteiger partial charge in [0.25, 0.3) is 0 Å². The zero-order valence-corrected chi connectivity index (χ0v) is 18.4. The van der Waals surface area contributed by atoms with Gasteiger partial charge in [-0.2, -0.15) is 0 Å². The van der Waals surface area contributed by atoms with Crippen molar-refractivity contribution in [2.24, 2.45) is 0 Å². The summed E-state index contributed by atoms with van der Waals surface area (Å²) < 4.78 is 11.0. The predicted molar refractivity (Wildman–Crippen MR) is 125 cm³/mol. The molecule has 0 N–H and O–H groups in total. The highest BCUT2D eigenvalue weighted by Gasteiger charge is 2.14. The lowest BCUT2D eigenvalue weighted by molar-refractivity contribution is 0.0339. The Bertz CT molecular complexity index is 895. The number of benzene rings is 2. The minimum Gasteiger partial charge on any atom is -0.496 e. The molecule has 2 heterocycles. The number of methoxy groups -OCH3 is 1. The van der Waals surface area contributed by atoms with Crippen LogP contribution in [0.4, 0.5) is 5.69 Å². The van der Waals surface area contributed by atoms with E-state index in [0.29, 0.717) is 0 Å². The first kappa shape index (κ1) is 21.6. The van der Waals surface area contributed by atoms with Crippen molar-refractivity contribution in [1.29, 1.82) is 0 Å². The van der Waals surface area contributed by atoms with Gasteiger partial charge in [-0.05, 0) is 67.3 Å². The second-order valence-corrected chi connectivity index (χ2v) is 8.25. The molecule has 2 saturated heterocycles. The second-order valence-electron chi connectivity index (χ2n) is 8.25. The van der Waals surface area contributed by atoms with Crippen LogP contribution in [0.5, 0.6) is 5.75 Å². The minimum absolute atomic E-state index is 0.0238. The summed E-state index contributed by atoms with van der Waals surface area (Å²) >= 11 is 0. The summed E-state index contributed by atoms with van der Waals surface area (Å²) in [5, 5.41) is 0. The van der Waals surface area contributed by atoms with E-state index in [1.807, 2.05) is 30.3 Å². The number of morpholine rings is 1. The SMILES string of the molecule is COc1ccc(/C=C/C(=O)c2ccc(N3CCCCC3)cc2)cc1CN1CCOCC1. The largest absolute Gasteiger partial charge is 0.496 e. The van der Waals surface area contributed by atoms with Gasteiger partial charge in [0.2, 0.25) is 0 Å². The van der Waals surface area contributed by atoms with E-state index in [2.05, 4.69) is 28.0 Å². The van der Waals surface area contributed by atoms with Crippen LogP contribution in [0.2, 0.25) is 0 Å². The Hall–Kier alpha value is -2.63. The van der Waals surface area contributed by atoms with Crippen molar-refractivity contribution in [2.75, 3.05) is 51.4 Å². The summed E-state index contributed by atoms with van der Waals surface area (Å²) in [4.78, 5) is 17.5. The molecule has 5 heteroatoms. The maximum absolute atomic E-state index is 12.7. The van der Waals surface area contributed by atoms with Crippen molar-refractivity contribution in [3.63, 3.8) is 0 Å². The lowest BCUT2D eigenvalue weighted by Gasteiger charge is -2.28. The molecule has 2 fully saturated rings. The fourth-order valence-corrected chi connectivity index (χ4v) is 4.28. The molecule has 0 unspecified atom stereocenters. The Morgan fingerprint density at radius 2 is 1.74 bits per heavy atom. The normalized spacial score (nSPS) is 17.8. The third kappa shape index (κ3) is 5.75. The summed E-state index contributed by atoms with van der Waals surface area (Å²) in [5.41, 5.74) is 4.06. The number of carbonyl (C=O) groups is 1. The molecule has 0 saturated carbocycles. The van der Waals surface area contributed by atoms with Crippen LogP contribution >= 0.6 is 0 Å². The van der Waals surface area contributed by atoms with E-state index in [1.54, 1.807) is 13.2 Å². The van der Waals surface area contributed by atoms with E-state index in [9.17, 15) is 4.79 Å². The third-order valence-electron chi connectivity index (χ3n) is 6.10. The van der Waals surface area contributed by atoms with Crippen LogP contribution in [-0.2, 0) is 11.3 Å². The summed E-state index contributed by atoms with van der Waals surface area (Å²) in [6.07, 6.45) is 7.37. The predicted octanol–water partition coefficient (Wildman–Crippen LogP) is 4.41. The lowest BCUT2D eigenvalue weighted by atomic mass is 10.1. The molecule has 2 aliphatic heterocycles. The molecule has 0 aromatic heterocycles. The Kier molecular flexibility index (Phi) is 7.39. The quantitative estimate of drug-likeness (QED) is 0.490. The number of carbonyl (C=O) groups excluding carboxylic acids is 1. The molecule has 164 valence electrons. The van der Waals surface area contributed by atoms with Gasteiger partial charge in [0.1, 0.15) is 5.75 Å². The van der Waals surface area contributed by atoms with Crippen LogP contribution in [0.3, 0.4) is 0 Å². The monoisotopic (exact) mass is 420 g/mol. The van der Waals surface area contributed by atoms with Gasteiger partial charge < -0.3 is 14.4 Å². The molecule has 2 aromatic carbocycles. The first-order valence-corrected chi connectivity index (χ1v) is 11.3. The van der Waals surface area contributed by atoms with Gasteiger partial charge in [-0.3, -0.25) is 9.69 Å². The van der Waals surface area contributed by atoms with Crippen LogP contribution in [-0.4, -0.2) is 57.2 Å². The number of allylic oxidation sites excluding steroid dienone is 1. The first-order valence-electron chi connectivity index (χ1n) is 11.3. The standard InChI is InChI=1S/C26H32N2O3/c1-30-26-12-6-21(19-23(26)20-27-15-17-31-18-16-27)5-11-25(29)22-7-9-24(10-8-22)28-13-3-2-4-14-28/h5-12,19H,2-4,13-18,20H2,1H3/b11-5+. The number of hydrogen-bond donors (Lipinski definition) is 0. The number of rotatable bonds is 7.